The molecule has 6 heteroatoms. The fourth-order valence-electron chi connectivity index (χ4n) is 3.60. The second kappa shape index (κ2) is 10.6. The molecule has 0 saturated carbocycles. The van der Waals surface area contributed by atoms with Crippen LogP contribution in [-0.2, 0) is 16.0 Å². The normalized spacial score (nSPS) is 11.6. The summed E-state index contributed by atoms with van der Waals surface area (Å²) in [6.07, 6.45) is -0.319. The third-order valence-electron chi connectivity index (χ3n) is 5.46. The van der Waals surface area contributed by atoms with Crippen molar-refractivity contribution in [3.63, 3.8) is 0 Å². The van der Waals surface area contributed by atoms with Gasteiger partial charge in [-0.1, -0.05) is 54.6 Å². The van der Waals surface area contributed by atoms with Crippen molar-refractivity contribution in [2.45, 2.75) is 19.4 Å². The zero-order valence-electron chi connectivity index (χ0n) is 18.8. The fourth-order valence-corrected chi connectivity index (χ4v) is 3.60. The average molecular weight is 457 g/mol. The van der Waals surface area contributed by atoms with Gasteiger partial charge in [0.15, 0.2) is 6.10 Å². The van der Waals surface area contributed by atoms with Crippen LogP contribution in [0.25, 0.3) is 10.8 Å². The summed E-state index contributed by atoms with van der Waals surface area (Å²) in [6.45, 7) is 2.09. The van der Waals surface area contributed by atoms with Crippen molar-refractivity contribution >= 4 is 34.0 Å². The van der Waals surface area contributed by atoms with E-state index in [1.807, 2.05) is 48.5 Å². The third-order valence-corrected chi connectivity index (χ3v) is 5.46. The number of esters is 1. The molecule has 5 nitrogen and oxygen atoms in total. The van der Waals surface area contributed by atoms with Gasteiger partial charge >= 0.3 is 5.97 Å². The minimum absolute atomic E-state index is 0.274. The number of benzene rings is 4. The fraction of sp³-hybridized carbons (Fsp3) is 0.143. The van der Waals surface area contributed by atoms with Gasteiger partial charge in [-0.15, -0.1) is 0 Å². The predicted molar refractivity (Wildman–Crippen MR) is 132 cm³/mol. The molecule has 0 heterocycles. The highest BCUT2D eigenvalue weighted by Crippen LogP contribution is 2.20. The van der Waals surface area contributed by atoms with Gasteiger partial charge in [-0.25, -0.2) is 9.18 Å². The second-order valence-corrected chi connectivity index (χ2v) is 7.95. The van der Waals surface area contributed by atoms with E-state index in [4.69, 9.17) is 4.74 Å². The second-order valence-electron chi connectivity index (χ2n) is 7.95. The van der Waals surface area contributed by atoms with Crippen LogP contribution in [-0.4, -0.2) is 24.5 Å². The molecule has 2 N–H and O–H groups in total. The van der Waals surface area contributed by atoms with Crippen LogP contribution in [0.15, 0.2) is 91.0 Å². The van der Waals surface area contributed by atoms with Crippen molar-refractivity contribution in [1.82, 2.24) is 0 Å². The van der Waals surface area contributed by atoms with Crippen molar-refractivity contribution < 1.29 is 18.7 Å². The number of carbonyl (C=O) groups excluding carboxylic acids is 2. The summed E-state index contributed by atoms with van der Waals surface area (Å²) in [5.74, 6) is -1.28. The van der Waals surface area contributed by atoms with Crippen LogP contribution in [0.1, 0.15) is 22.8 Å². The van der Waals surface area contributed by atoms with Crippen molar-refractivity contribution in [1.29, 1.82) is 0 Å². The maximum Gasteiger partial charge on any atom is 0.341 e. The van der Waals surface area contributed by atoms with Gasteiger partial charge in [-0.2, -0.15) is 0 Å². The lowest BCUT2D eigenvalue weighted by Crippen LogP contribution is -2.30. The number of hydrogen-bond acceptors (Lipinski definition) is 4. The molecule has 0 fully saturated rings. The zero-order valence-corrected chi connectivity index (χ0v) is 18.8. The Hall–Kier alpha value is -4.19. The molecule has 0 spiro atoms. The number of halogens is 1. The lowest BCUT2D eigenvalue weighted by Gasteiger charge is -2.16. The number of hydrogen-bond donors (Lipinski definition) is 2. The quantitative estimate of drug-likeness (QED) is 0.328. The van der Waals surface area contributed by atoms with Crippen LogP contribution in [0.2, 0.25) is 0 Å². The van der Waals surface area contributed by atoms with Gasteiger partial charge in [-0.05, 0) is 66.1 Å². The number of nitrogens with one attached hydrogen (secondary N) is 2. The minimum Gasteiger partial charge on any atom is -0.449 e. The Labute approximate surface area is 197 Å². The Balaban J connectivity index is 1.35. The van der Waals surface area contributed by atoms with Crippen molar-refractivity contribution in [3.8, 4) is 0 Å². The molecule has 0 aliphatic carbocycles. The molecule has 1 amide bonds. The summed E-state index contributed by atoms with van der Waals surface area (Å²) in [4.78, 5) is 25.4. The summed E-state index contributed by atoms with van der Waals surface area (Å²) in [5.41, 5.74) is 2.56. The molecule has 4 aromatic carbocycles. The summed E-state index contributed by atoms with van der Waals surface area (Å²) >= 11 is 0. The van der Waals surface area contributed by atoms with Gasteiger partial charge in [0, 0.05) is 17.9 Å². The van der Waals surface area contributed by atoms with Crippen LogP contribution >= 0.6 is 0 Å². The molecule has 4 aromatic rings. The highest BCUT2D eigenvalue weighted by molar-refractivity contribution is 6.00. The Bertz CT molecular complexity index is 1300. The molecule has 0 radical (unpaired) electrons. The van der Waals surface area contributed by atoms with Crippen LogP contribution in [0, 0.1) is 5.82 Å². The van der Waals surface area contributed by atoms with Gasteiger partial charge in [0.05, 0.1) is 5.56 Å². The average Bonchev–Trinajstić information content (AvgIpc) is 2.85. The standard InChI is InChI=1S/C28H25FN2O3/c1-19(27(32)31-24-15-12-21-6-2-3-7-22(21)18-24)34-28(33)25-8-4-5-9-26(25)30-17-16-20-10-13-23(29)14-11-20/h2-15,18-19,30H,16-17H2,1H3,(H,31,32). The Morgan fingerprint density at radius 2 is 1.59 bits per heavy atom. The van der Waals surface area contributed by atoms with Crippen LogP contribution in [0.5, 0.6) is 0 Å². The molecule has 0 bridgehead atoms. The van der Waals surface area contributed by atoms with Crippen LogP contribution < -0.4 is 10.6 Å². The van der Waals surface area contributed by atoms with E-state index in [1.54, 1.807) is 37.3 Å². The molecule has 0 aliphatic heterocycles. The molecule has 0 saturated heterocycles. The number of fused-ring (bicyclic) bond motifs is 1. The third kappa shape index (κ3) is 5.78. The Kier molecular flexibility index (Phi) is 7.18. The first-order valence-corrected chi connectivity index (χ1v) is 11.1. The first kappa shape index (κ1) is 23.0. The maximum absolute atomic E-state index is 13.1. The minimum atomic E-state index is -0.980. The highest BCUT2D eigenvalue weighted by atomic mass is 19.1. The van der Waals surface area contributed by atoms with E-state index < -0.39 is 18.0 Å². The number of amides is 1. The predicted octanol–water partition coefficient (Wildman–Crippen LogP) is 5.82. The lowest BCUT2D eigenvalue weighted by molar-refractivity contribution is -0.123. The van der Waals surface area contributed by atoms with Gasteiger partial charge in [0.2, 0.25) is 0 Å². The zero-order chi connectivity index (χ0) is 23.9. The topological polar surface area (TPSA) is 67.4 Å². The molecule has 0 aliphatic rings. The molecule has 1 unspecified atom stereocenters. The number of para-hydroxylation sites is 1. The maximum atomic E-state index is 13.1. The number of ether oxygens (including phenoxy) is 1. The number of rotatable bonds is 8. The molecule has 4 rings (SSSR count). The first-order chi connectivity index (χ1) is 16.5. The largest absolute Gasteiger partial charge is 0.449 e. The molecular formula is C28H25FN2O3. The molecular weight excluding hydrogens is 431 g/mol. The highest BCUT2D eigenvalue weighted by Gasteiger charge is 2.21. The lowest BCUT2D eigenvalue weighted by atomic mass is 10.1. The summed E-state index contributed by atoms with van der Waals surface area (Å²) in [6, 6.07) is 26.8. The molecule has 172 valence electrons. The van der Waals surface area contributed by atoms with Gasteiger partial charge in [0.1, 0.15) is 5.82 Å². The van der Waals surface area contributed by atoms with E-state index in [2.05, 4.69) is 10.6 Å². The molecule has 34 heavy (non-hydrogen) atoms. The van der Waals surface area contributed by atoms with Crippen molar-refractivity contribution in [3.05, 3.63) is 108 Å². The summed E-state index contributed by atoms with van der Waals surface area (Å²) < 4.78 is 18.5. The first-order valence-electron chi connectivity index (χ1n) is 11.1. The van der Waals surface area contributed by atoms with Crippen LogP contribution in [0.4, 0.5) is 15.8 Å². The summed E-state index contributed by atoms with van der Waals surface area (Å²) in [5, 5.41) is 8.10. The van der Waals surface area contributed by atoms with E-state index in [9.17, 15) is 14.0 Å². The smallest absolute Gasteiger partial charge is 0.341 e. The van der Waals surface area contributed by atoms with Crippen LogP contribution in [0.3, 0.4) is 0 Å². The van der Waals surface area contributed by atoms with Gasteiger partial charge in [-0.3, -0.25) is 4.79 Å². The van der Waals surface area contributed by atoms with Crippen molar-refractivity contribution in [2.24, 2.45) is 0 Å². The molecule has 0 aromatic heterocycles. The monoisotopic (exact) mass is 456 g/mol. The SMILES string of the molecule is CC(OC(=O)c1ccccc1NCCc1ccc(F)cc1)C(=O)Nc1ccc2ccccc2c1. The Morgan fingerprint density at radius 3 is 2.38 bits per heavy atom. The van der Waals surface area contributed by atoms with Crippen molar-refractivity contribution in [2.75, 3.05) is 17.2 Å². The van der Waals surface area contributed by atoms with E-state index >= 15 is 0 Å². The number of carbonyl (C=O) groups is 2. The van der Waals surface area contributed by atoms with E-state index in [-0.39, 0.29) is 5.82 Å². The Morgan fingerprint density at radius 1 is 0.882 bits per heavy atom. The van der Waals surface area contributed by atoms with E-state index in [0.717, 1.165) is 16.3 Å². The molecule has 1 atom stereocenters. The van der Waals surface area contributed by atoms with Gasteiger partial charge in [0.25, 0.3) is 5.91 Å². The number of anilines is 2. The summed E-state index contributed by atoms with van der Waals surface area (Å²) in [7, 11) is 0. The van der Waals surface area contributed by atoms with E-state index in [0.29, 0.717) is 29.9 Å². The van der Waals surface area contributed by atoms with E-state index in [1.165, 1.54) is 12.1 Å². The van der Waals surface area contributed by atoms with Gasteiger partial charge < -0.3 is 15.4 Å².